The van der Waals surface area contributed by atoms with Crippen LogP contribution < -0.4 is 0 Å². The van der Waals surface area contributed by atoms with Gasteiger partial charge in [-0.05, 0) is 38.2 Å². The zero-order valence-corrected chi connectivity index (χ0v) is 10.4. The van der Waals surface area contributed by atoms with Crippen molar-refractivity contribution in [1.29, 1.82) is 0 Å². The first-order valence-corrected chi connectivity index (χ1v) is 5.85. The fraction of sp³-hybridized carbons (Fsp3) is 0.571. The Morgan fingerprint density at radius 2 is 1.75 bits per heavy atom. The van der Waals surface area contributed by atoms with Crippen molar-refractivity contribution in [2.45, 2.75) is 45.3 Å². The lowest BCUT2D eigenvalue weighted by atomic mass is 9.89. The van der Waals surface area contributed by atoms with Gasteiger partial charge in [0.15, 0.2) is 0 Å². The van der Waals surface area contributed by atoms with E-state index in [9.17, 15) is 10.2 Å². The highest BCUT2D eigenvalue weighted by molar-refractivity contribution is 5.17. The molecule has 2 N–H and O–H groups in total. The molecule has 0 aromatic heterocycles. The molecule has 0 aliphatic rings. The summed E-state index contributed by atoms with van der Waals surface area (Å²) in [4.78, 5) is 0. The van der Waals surface area contributed by atoms with Crippen LogP contribution in [0.4, 0.5) is 0 Å². The van der Waals surface area contributed by atoms with Gasteiger partial charge in [-0.15, -0.1) is 0 Å². The summed E-state index contributed by atoms with van der Waals surface area (Å²) in [6.45, 7) is 5.62. The van der Waals surface area contributed by atoms with Crippen LogP contribution in [0.5, 0.6) is 0 Å². The first kappa shape index (κ1) is 13.2. The Balaban J connectivity index is 2.52. The van der Waals surface area contributed by atoms with Crippen LogP contribution in [0.15, 0.2) is 30.3 Å². The normalized spacial score (nSPS) is 15.8. The predicted octanol–water partition coefficient (Wildman–Crippen LogP) is 2.91. The fourth-order valence-corrected chi connectivity index (χ4v) is 1.72. The maximum Gasteiger partial charge on any atom is 0.0815 e. The molecule has 0 fully saturated rings. The lowest BCUT2D eigenvalue weighted by molar-refractivity contribution is 0.0475. The van der Waals surface area contributed by atoms with E-state index in [2.05, 4.69) is 0 Å². The molecule has 0 saturated heterocycles. The van der Waals surface area contributed by atoms with Crippen molar-refractivity contribution in [2.24, 2.45) is 5.92 Å². The Morgan fingerprint density at radius 3 is 2.25 bits per heavy atom. The fourth-order valence-electron chi connectivity index (χ4n) is 1.72. The van der Waals surface area contributed by atoms with Gasteiger partial charge in [0.25, 0.3) is 0 Å². The van der Waals surface area contributed by atoms with E-state index in [1.165, 1.54) is 0 Å². The van der Waals surface area contributed by atoms with Gasteiger partial charge in [0.1, 0.15) is 0 Å². The lowest BCUT2D eigenvalue weighted by Crippen LogP contribution is -2.21. The highest BCUT2D eigenvalue weighted by Crippen LogP contribution is 2.27. The molecular formula is C14H22O2. The molecular weight excluding hydrogens is 200 g/mol. The third-order valence-electron chi connectivity index (χ3n) is 2.89. The zero-order valence-electron chi connectivity index (χ0n) is 10.4. The highest BCUT2D eigenvalue weighted by atomic mass is 16.3. The molecule has 2 heteroatoms. The first-order valence-electron chi connectivity index (χ1n) is 5.85. The van der Waals surface area contributed by atoms with Gasteiger partial charge in [0.2, 0.25) is 0 Å². The van der Waals surface area contributed by atoms with Crippen LogP contribution in [0.1, 0.15) is 45.3 Å². The Kier molecular flexibility index (Phi) is 4.51. The molecule has 0 aliphatic carbocycles. The Hall–Kier alpha value is -0.860. The molecule has 0 heterocycles. The average molecular weight is 222 g/mol. The molecule has 2 unspecified atom stereocenters. The van der Waals surface area contributed by atoms with Crippen LogP contribution in [0, 0.1) is 5.92 Å². The third-order valence-corrected chi connectivity index (χ3v) is 2.89. The van der Waals surface area contributed by atoms with Gasteiger partial charge in [0, 0.05) is 0 Å². The van der Waals surface area contributed by atoms with Crippen molar-refractivity contribution < 1.29 is 10.2 Å². The van der Waals surface area contributed by atoms with Crippen LogP contribution >= 0.6 is 0 Å². The number of aliphatic hydroxyl groups is 2. The molecule has 0 saturated carbocycles. The van der Waals surface area contributed by atoms with E-state index in [0.29, 0.717) is 6.42 Å². The summed E-state index contributed by atoms with van der Waals surface area (Å²) in [5, 5.41) is 19.7. The summed E-state index contributed by atoms with van der Waals surface area (Å²) < 4.78 is 0. The number of aliphatic hydroxyl groups excluding tert-OH is 1. The van der Waals surface area contributed by atoms with Crippen LogP contribution in [-0.2, 0) is 0 Å². The second-order valence-corrected chi connectivity index (χ2v) is 5.18. The van der Waals surface area contributed by atoms with E-state index in [-0.39, 0.29) is 5.92 Å². The van der Waals surface area contributed by atoms with Crippen molar-refractivity contribution in [2.75, 3.05) is 0 Å². The highest BCUT2D eigenvalue weighted by Gasteiger charge is 2.20. The largest absolute Gasteiger partial charge is 0.390 e. The Bertz CT molecular complexity index is 300. The minimum absolute atomic E-state index is 0.161. The van der Waals surface area contributed by atoms with Crippen LogP contribution in [0.2, 0.25) is 0 Å². The number of hydrogen-bond donors (Lipinski definition) is 2. The average Bonchev–Trinajstić information content (AvgIpc) is 2.25. The van der Waals surface area contributed by atoms with Gasteiger partial charge in [-0.25, -0.2) is 0 Å². The van der Waals surface area contributed by atoms with Crippen LogP contribution in [0.25, 0.3) is 0 Å². The standard InChI is InChI=1S/C14H22O2/c1-11(9-10-14(2,3)16)13(15)12-7-5-4-6-8-12/h4-8,11,13,15-16H,9-10H2,1-3H3. The predicted molar refractivity (Wildman–Crippen MR) is 66.1 cm³/mol. The van der Waals surface area contributed by atoms with Crippen molar-refractivity contribution in [1.82, 2.24) is 0 Å². The second-order valence-electron chi connectivity index (χ2n) is 5.18. The van der Waals surface area contributed by atoms with E-state index >= 15 is 0 Å². The summed E-state index contributed by atoms with van der Waals surface area (Å²) in [7, 11) is 0. The maximum atomic E-state index is 10.1. The summed E-state index contributed by atoms with van der Waals surface area (Å²) in [6, 6.07) is 9.68. The summed E-state index contributed by atoms with van der Waals surface area (Å²) >= 11 is 0. The summed E-state index contributed by atoms with van der Waals surface area (Å²) in [5.74, 6) is 0.161. The third kappa shape index (κ3) is 4.33. The molecule has 90 valence electrons. The summed E-state index contributed by atoms with van der Waals surface area (Å²) in [6.07, 6.45) is 1.08. The van der Waals surface area contributed by atoms with E-state index in [4.69, 9.17) is 0 Å². The van der Waals surface area contributed by atoms with Crippen molar-refractivity contribution in [3.05, 3.63) is 35.9 Å². The molecule has 1 aromatic carbocycles. The van der Waals surface area contributed by atoms with Crippen LogP contribution in [-0.4, -0.2) is 15.8 Å². The second kappa shape index (κ2) is 5.46. The first-order chi connectivity index (χ1) is 7.40. The van der Waals surface area contributed by atoms with Gasteiger partial charge < -0.3 is 10.2 Å². The van der Waals surface area contributed by atoms with Gasteiger partial charge in [0.05, 0.1) is 11.7 Å². The molecule has 2 atom stereocenters. The minimum atomic E-state index is -0.648. The van der Waals surface area contributed by atoms with Gasteiger partial charge in [-0.1, -0.05) is 37.3 Å². The molecule has 0 radical (unpaired) electrons. The van der Waals surface area contributed by atoms with Gasteiger partial charge in [-0.2, -0.15) is 0 Å². The molecule has 2 nitrogen and oxygen atoms in total. The molecule has 1 rings (SSSR count). The molecule has 0 aliphatic heterocycles. The summed E-state index contributed by atoms with van der Waals surface area (Å²) in [5.41, 5.74) is 0.302. The maximum absolute atomic E-state index is 10.1. The minimum Gasteiger partial charge on any atom is -0.390 e. The zero-order chi connectivity index (χ0) is 12.2. The quantitative estimate of drug-likeness (QED) is 0.804. The number of benzene rings is 1. The molecule has 0 amide bonds. The lowest BCUT2D eigenvalue weighted by Gasteiger charge is -2.23. The SMILES string of the molecule is CC(CCC(C)(C)O)C(O)c1ccccc1. The molecule has 16 heavy (non-hydrogen) atoms. The van der Waals surface area contributed by atoms with Gasteiger partial charge in [-0.3, -0.25) is 0 Å². The Morgan fingerprint density at radius 1 is 1.19 bits per heavy atom. The van der Waals surface area contributed by atoms with Crippen molar-refractivity contribution >= 4 is 0 Å². The molecule has 0 bridgehead atoms. The smallest absolute Gasteiger partial charge is 0.0815 e. The number of rotatable bonds is 5. The monoisotopic (exact) mass is 222 g/mol. The van der Waals surface area contributed by atoms with Crippen molar-refractivity contribution in [3.8, 4) is 0 Å². The van der Waals surface area contributed by atoms with E-state index in [1.807, 2.05) is 37.3 Å². The van der Waals surface area contributed by atoms with Crippen molar-refractivity contribution in [3.63, 3.8) is 0 Å². The molecule has 1 aromatic rings. The van der Waals surface area contributed by atoms with Gasteiger partial charge >= 0.3 is 0 Å². The Labute approximate surface area is 97.9 Å². The van der Waals surface area contributed by atoms with E-state index in [1.54, 1.807) is 13.8 Å². The topological polar surface area (TPSA) is 40.5 Å². The van der Waals surface area contributed by atoms with E-state index < -0.39 is 11.7 Å². The number of hydrogen-bond acceptors (Lipinski definition) is 2. The van der Waals surface area contributed by atoms with E-state index in [0.717, 1.165) is 12.0 Å². The van der Waals surface area contributed by atoms with Crippen LogP contribution in [0.3, 0.4) is 0 Å². The molecule has 0 spiro atoms.